The molecule has 0 saturated heterocycles. The molecule has 0 aliphatic carbocycles. The summed E-state index contributed by atoms with van der Waals surface area (Å²) in [5, 5.41) is 0. The smallest absolute Gasteiger partial charge is 0.344 e. The molecule has 1 heterocycles. The minimum atomic E-state index is -1.92. The zero-order chi connectivity index (χ0) is 12.6. The van der Waals surface area contributed by atoms with E-state index in [4.69, 9.17) is 9.47 Å². The summed E-state index contributed by atoms with van der Waals surface area (Å²) in [7, 11) is 0. The summed E-state index contributed by atoms with van der Waals surface area (Å²) in [6.45, 7) is 2.36. The molecule has 1 aliphatic rings. The molecule has 88 valence electrons. The standard InChI is InChI=1S/C12H10O5/c1-7(13)12(16-8(2)14)10-6-4-3-5-9(10)11(15)17-12/h3-6H,1-2H3. The van der Waals surface area contributed by atoms with Crippen LogP contribution in [0.4, 0.5) is 0 Å². The minimum absolute atomic E-state index is 0.240. The van der Waals surface area contributed by atoms with Crippen LogP contribution in [0.2, 0.25) is 0 Å². The summed E-state index contributed by atoms with van der Waals surface area (Å²) >= 11 is 0. The van der Waals surface area contributed by atoms with E-state index in [1.54, 1.807) is 12.1 Å². The van der Waals surface area contributed by atoms with Crippen LogP contribution < -0.4 is 0 Å². The van der Waals surface area contributed by atoms with Gasteiger partial charge in [0.1, 0.15) is 0 Å². The number of ether oxygens (including phenoxy) is 2. The highest BCUT2D eigenvalue weighted by atomic mass is 16.7. The lowest BCUT2D eigenvalue weighted by Crippen LogP contribution is -2.39. The van der Waals surface area contributed by atoms with Gasteiger partial charge < -0.3 is 9.47 Å². The van der Waals surface area contributed by atoms with Gasteiger partial charge >= 0.3 is 17.7 Å². The molecule has 1 aromatic rings. The number of esters is 2. The molecular formula is C12H10O5. The third-order valence-corrected chi connectivity index (χ3v) is 2.49. The summed E-state index contributed by atoms with van der Waals surface area (Å²) in [6, 6.07) is 6.34. The van der Waals surface area contributed by atoms with Crippen LogP contribution in [0.1, 0.15) is 29.8 Å². The van der Waals surface area contributed by atoms with Crippen molar-refractivity contribution in [1.29, 1.82) is 0 Å². The summed E-state index contributed by atoms with van der Waals surface area (Å²) in [5.41, 5.74) is 0.511. The first-order chi connectivity index (χ1) is 7.97. The lowest BCUT2D eigenvalue weighted by atomic mass is 9.99. The second-order valence-electron chi connectivity index (χ2n) is 3.70. The summed E-state index contributed by atoms with van der Waals surface area (Å²) in [4.78, 5) is 34.3. The predicted molar refractivity (Wildman–Crippen MR) is 56.0 cm³/mol. The van der Waals surface area contributed by atoms with Gasteiger partial charge in [0.25, 0.3) is 0 Å². The van der Waals surface area contributed by atoms with Crippen molar-refractivity contribution < 1.29 is 23.9 Å². The Kier molecular flexibility index (Phi) is 2.46. The topological polar surface area (TPSA) is 69.7 Å². The first-order valence-corrected chi connectivity index (χ1v) is 5.01. The van der Waals surface area contributed by atoms with Crippen LogP contribution in [0.5, 0.6) is 0 Å². The second-order valence-corrected chi connectivity index (χ2v) is 3.70. The van der Waals surface area contributed by atoms with Gasteiger partial charge in [-0.2, -0.15) is 0 Å². The molecule has 0 saturated carbocycles. The van der Waals surface area contributed by atoms with Gasteiger partial charge in [-0.05, 0) is 12.1 Å². The van der Waals surface area contributed by atoms with Crippen LogP contribution in [-0.4, -0.2) is 17.7 Å². The Morgan fingerprint density at radius 2 is 1.88 bits per heavy atom. The molecular weight excluding hydrogens is 224 g/mol. The number of carbonyl (C=O) groups excluding carboxylic acids is 3. The van der Waals surface area contributed by atoms with Gasteiger partial charge in [0.05, 0.1) is 11.1 Å². The Labute approximate surface area is 97.3 Å². The van der Waals surface area contributed by atoms with Crippen molar-refractivity contribution in [2.45, 2.75) is 19.6 Å². The van der Waals surface area contributed by atoms with Crippen molar-refractivity contribution in [1.82, 2.24) is 0 Å². The molecule has 1 aromatic carbocycles. The molecule has 0 N–H and O–H groups in total. The Morgan fingerprint density at radius 1 is 1.24 bits per heavy atom. The minimum Gasteiger partial charge on any atom is -0.411 e. The van der Waals surface area contributed by atoms with Gasteiger partial charge in [0, 0.05) is 13.8 Å². The van der Waals surface area contributed by atoms with Gasteiger partial charge in [-0.3, -0.25) is 9.59 Å². The van der Waals surface area contributed by atoms with Crippen LogP contribution >= 0.6 is 0 Å². The van der Waals surface area contributed by atoms with Gasteiger partial charge in [-0.1, -0.05) is 12.1 Å². The van der Waals surface area contributed by atoms with Crippen molar-refractivity contribution in [3.8, 4) is 0 Å². The average molecular weight is 234 g/mol. The molecule has 0 aromatic heterocycles. The number of hydrogen-bond acceptors (Lipinski definition) is 5. The molecule has 0 spiro atoms. The lowest BCUT2D eigenvalue weighted by Gasteiger charge is -2.24. The maximum absolute atomic E-state index is 11.7. The summed E-state index contributed by atoms with van der Waals surface area (Å²) in [6.07, 6.45) is 0. The number of rotatable bonds is 2. The van der Waals surface area contributed by atoms with E-state index >= 15 is 0 Å². The van der Waals surface area contributed by atoms with Crippen molar-refractivity contribution >= 4 is 17.7 Å². The zero-order valence-electron chi connectivity index (χ0n) is 9.35. The fourth-order valence-electron chi connectivity index (χ4n) is 1.80. The lowest BCUT2D eigenvalue weighted by molar-refractivity contribution is -0.207. The Hall–Kier alpha value is -2.17. The molecule has 17 heavy (non-hydrogen) atoms. The summed E-state index contributed by atoms with van der Waals surface area (Å²) < 4.78 is 9.89. The van der Waals surface area contributed by atoms with E-state index in [0.717, 1.165) is 6.92 Å². The van der Waals surface area contributed by atoms with E-state index in [2.05, 4.69) is 0 Å². The zero-order valence-corrected chi connectivity index (χ0v) is 9.35. The number of Topliss-reactive ketones (excluding diaryl/α,β-unsaturated/α-hetero) is 1. The third-order valence-electron chi connectivity index (χ3n) is 2.49. The highest BCUT2D eigenvalue weighted by Gasteiger charge is 2.52. The molecule has 5 heteroatoms. The van der Waals surface area contributed by atoms with E-state index in [9.17, 15) is 14.4 Å². The molecule has 0 radical (unpaired) electrons. The highest BCUT2D eigenvalue weighted by molar-refractivity contribution is 6.02. The highest BCUT2D eigenvalue weighted by Crippen LogP contribution is 2.38. The Bertz CT molecular complexity index is 515. The Morgan fingerprint density at radius 3 is 2.47 bits per heavy atom. The quantitative estimate of drug-likeness (QED) is 0.718. The maximum Gasteiger partial charge on any atom is 0.344 e. The molecule has 2 rings (SSSR count). The molecule has 1 atom stereocenters. The normalized spacial score (nSPS) is 21.6. The fraction of sp³-hybridized carbons (Fsp3) is 0.250. The van der Waals surface area contributed by atoms with Crippen molar-refractivity contribution in [2.75, 3.05) is 0 Å². The van der Waals surface area contributed by atoms with Gasteiger partial charge in [-0.25, -0.2) is 4.79 Å². The van der Waals surface area contributed by atoms with Crippen LogP contribution in [0.15, 0.2) is 24.3 Å². The monoisotopic (exact) mass is 234 g/mol. The van der Waals surface area contributed by atoms with Crippen molar-refractivity contribution in [3.63, 3.8) is 0 Å². The fourth-order valence-corrected chi connectivity index (χ4v) is 1.80. The van der Waals surface area contributed by atoms with Crippen LogP contribution in [-0.2, 0) is 24.8 Å². The molecule has 0 amide bonds. The first-order valence-electron chi connectivity index (χ1n) is 5.01. The number of hydrogen-bond donors (Lipinski definition) is 0. The first kappa shape index (κ1) is 11.3. The van der Waals surface area contributed by atoms with E-state index in [1.807, 2.05) is 0 Å². The van der Waals surface area contributed by atoms with Gasteiger partial charge in [0.2, 0.25) is 5.78 Å². The molecule has 1 unspecified atom stereocenters. The van der Waals surface area contributed by atoms with Gasteiger partial charge in [-0.15, -0.1) is 0 Å². The number of cyclic esters (lactones) is 1. The SMILES string of the molecule is CC(=O)OC1(C(C)=O)OC(=O)c2ccccc21. The molecule has 1 aliphatic heterocycles. The number of benzene rings is 1. The van der Waals surface area contributed by atoms with Gasteiger partial charge in [0.15, 0.2) is 0 Å². The molecule has 0 fully saturated rings. The van der Waals surface area contributed by atoms with Crippen molar-refractivity contribution in [3.05, 3.63) is 35.4 Å². The van der Waals surface area contributed by atoms with Crippen LogP contribution in [0.25, 0.3) is 0 Å². The molecule has 0 bridgehead atoms. The predicted octanol–water partition coefficient (Wildman–Crippen LogP) is 1.16. The molecule has 5 nitrogen and oxygen atoms in total. The van der Waals surface area contributed by atoms with E-state index in [0.29, 0.717) is 0 Å². The number of ketones is 1. The van der Waals surface area contributed by atoms with E-state index < -0.39 is 23.5 Å². The van der Waals surface area contributed by atoms with Crippen LogP contribution in [0.3, 0.4) is 0 Å². The number of fused-ring (bicyclic) bond motifs is 1. The van der Waals surface area contributed by atoms with E-state index in [-0.39, 0.29) is 11.1 Å². The van der Waals surface area contributed by atoms with E-state index in [1.165, 1.54) is 19.1 Å². The maximum atomic E-state index is 11.7. The Balaban J connectivity index is 2.61. The number of carbonyl (C=O) groups is 3. The van der Waals surface area contributed by atoms with Crippen molar-refractivity contribution in [2.24, 2.45) is 0 Å². The third kappa shape index (κ3) is 1.60. The van der Waals surface area contributed by atoms with Crippen LogP contribution in [0, 0.1) is 0 Å². The second kappa shape index (κ2) is 3.69. The largest absolute Gasteiger partial charge is 0.411 e. The average Bonchev–Trinajstić information content (AvgIpc) is 2.53. The summed E-state index contributed by atoms with van der Waals surface area (Å²) in [5.74, 6) is -3.83.